The van der Waals surface area contributed by atoms with E-state index in [4.69, 9.17) is 15.2 Å². The Morgan fingerprint density at radius 2 is 0.938 bits per heavy atom. The Morgan fingerprint density at radius 3 is 1.36 bits per heavy atom. The number of methoxy groups -OCH3 is 1. The fourth-order valence-corrected chi connectivity index (χ4v) is 15.9. The second-order valence-corrected chi connectivity index (χ2v) is 37.6. The van der Waals surface area contributed by atoms with Crippen LogP contribution in [0, 0.1) is 76.9 Å². The van der Waals surface area contributed by atoms with Crippen LogP contribution < -0.4 is 64.2 Å². The molecule has 1 fully saturated rings. The molecule has 0 aromatic heterocycles. The first-order valence-electron chi connectivity index (χ1n) is 45.8. The molecular formula is C91H163N17O20. The monoisotopic (exact) mass is 1810 g/mol. The van der Waals surface area contributed by atoms with E-state index in [1.807, 2.05) is 27.7 Å². The minimum atomic E-state index is -1.86. The highest BCUT2D eigenvalue weighted by Gasteiger charge is 2.48. The minimum absolute atomic E-state index is 0.00606. The van der Waals surface area contributed by atoms with Crippen molar-refractivity contribution in [3.05, 3.63) is 0 Å². The summed E-state index contributed by atoms with van der Waals surface area (Å²) in [5.41, 5.74) is 6.32. The highest BCUT2D eigenvalue weighted by atomic mass is 16.5. The lowest BCUT2D eigenvalue weighted by atomic mass is 9.79. The maximum atomic E-state index is 15.6. The van der Waals surface area contributed by atoms with Crippen molar-refractivity contribution in [1.29, 1.82) is 0 Å². The highest BCUT2D eigenvalue weighted by Crippen LogP contribution is 2.30. The lowest BCUT2D eigenvalue weighted by Gasteiger charge is -2.38. The van der Waals surface area contributed by atoms with E-state index in [0.717, 1.165) is 24.5 Å². The number of cyclic esters (lactones) is 1. The van der Waals surface area contributed by atoms with Crippen LogP contribution in [0.4, 0.5) is 0 Å². The zero-order valence-corrected chi connectivity index (χ0v) is 82.7. The molecule has 14 amide bonds. The Hall–Kier alpha value is -9.10. The molecule has 1 aliphatic heterocycles. The molecule has 0 aromatic rings. The number of likely N-dealkylation sites (N-methyl/N-ethyl adjacent to an activating group) is 7. The van der Waals surface area contributed by atoms with Crippen LogP contribution in [0.5, 0.6) is 0 Å². The normalized spacial score (nSPS) is 24.0. The van der Waals surface area contributed by atoms with Crippen molar-refractivity contribution in [1.82, 2.24) is 83.0 Å². The SMILES string of the molecule is CC[C@H](C)[C@H](NC)C(=O)C(C)C(C)C1C(=O)NCCC(=O)NC(C(C)CC(=O)[C@H](N)C(C)C)C(=O)N(C)[C@@H](C(C)C)C(=O)N(C)[C@@H](C)C(=O)NCCC(=O)N[C@H](CC(C)C)C(=O)N(C)[C@H](C(C)C(C)C(=O)[C@H](NC)[C@@H](C)CC)C(=O)O[C@H](C)[C@H](NC(=O)[C@@H](CC(C)C)N(C)C(=O)[C@@H](NC(=O)COC)C(C)C)C(=O)NCCC(=O)NCCC(=O)NC(CC(C)C)C(=O)N1C. The van der Waals surface area contributed by atoms with Gasteiger partial charge in [-0.05, 0) is 112 Å². The maximum Gasteiger partial charge on any atom is 0.329 e. The van der Waals surface area contributed by atoms with E-state index in [2.05, 4.69) is 58.5 Å². The summed E-state index contributed by atoms with van der Waals surface area (Å²) in [5.74, 6) is -20.4. The zero-order chi connectivity index (χ0) is 98.7. The maximum absolute atomic E-state index is 15.6. The molecule has 732 valence electrons. The van der Waals surface area contributed by atoms with Crippen molar-refractivity contribution in [3.8, 4) is 0 Å². The molecule has 8 unspecified atom stereocenters. The third kappa shape index (κ3) is 35.6. The number of hydrogen-bond donors (Lipinski definition) is 12. The van der Waals surface area contributed by atoms with Gasteiger partial charge in [-0.15, -0.1) is 0 Å². The molecule has 37 heteroatoms. The number of carbonyl (C=O) groups is 18. The molecular weight excluding hydrogens is 1650 g/mol. The third-order valence-electron chi connectivity index (χ3n) is 24.9. The molecule has 1 aliphatic rings. The van der Waals surface area contributed by atoms with Gasteiger partial charge in [-0.3, -0.25) is 81.5 Å². The third-order valence-corrected chi connectivity index (χ3v) is 24.9. The number of esters is 1. The molecule has 0 aliphatic carbocycles. The Bertz CT molecular complexity index is 3710. The highest BCUT2D eigenvalue weighted by molar-refractivity contribution is 5.99. The standard InChI is InChI=1S/C91H163N17O20/c1-32-53(15)73(93-24)80(115)58(20)56(18)78-85(120)98-41-37-69(113)101-75(55(17)45-65(109)71(92)50(9)10)89(124)106(28)77(52(13)14)90(125)104(26)60(22)82(117)96-40-36-68(112)100-63(43-48(5)6)87(122)108(30)79(57(19)59(21)81(116)74(94-25)54(16)33-2)91(126)128-61(23)76(103-83(118)64(44-49(7)8)105(27)88(123)72(51(11)12)102-70(114)46-127-31)84(119)97-39-34-66(110)95-38-35-67(111)99-62(42-47(3)4)86(121)107(78)29/h47-64,71-79,93-94H,32-46,92H2,1-31H3,(H,95,110)(H,96,117)(H,97,119)(H,98,120)(H,99,111)(H,100,112)(H,101,113)(H,102,114)(H,103,118)/t53-,54-,55?,56?,57?,58?,59?,60-,61+,62?,63+,64+,71+,72-,73-,74+,75?,76-,77-,78?,79+/m0/s1. The first kappa shape index (κ1) is 117. The van der Waals surface area contributed by atoms with Gasteiger partial charge in [0.05, 0.1) is 18.1 Å². The van der Waals surface area contributed by atoms with Gasteiger partial charge >= 0.3 is 5.97 Å². The molecule has 37 nitrogen and oxygen atoms in total. The Labute approximate surface area is 761 Å². The number of ketones is 3. The quantitative estimate of drug-likeness (QED) is 0.0411. The van der Waals surface area contributed by atoms with Crippen molar-refractivity contribution in [2.75, 3.05) is 89.2 Å². The van der Waals surface area contributed by atoms with Gasteiger partial charge in [-0.2, -0.15) is 0 Å². The van der Waals surface area contributed by atoms with Crippen LogP contribution in [0.1, 0.15) is 223 Å². The zero-order valence-electron chi connectivity index (χ0n) is 82.7. The lowest BCUT2D eigenvalue weighted by molar-refractivity contribution is -0.165. The lowest BCUT2D eigenvalue weighted by Crippen LogP contribution is -2.61. The number of nitrogens with zero attached hydrogens (tertiary/aromatic N) is 5. The molecule has 1 rings (SSSR count). The average Bonchev–Trinajstić information content (AvgIpc) is 0.806. The van der Waals surface area contributed by atoms with E-state index in [1.165, 1.54) is 56.2 Å². The number of hydrogen-bond acceptors (Lipinski definition) is 23. The molecule has 1 saturated heterocycles. The largest absolute Gasteiger partial charge is 0.458 e. The Morgan fingerprint density at radius 1 is 0.516 bits per heavy atom. The summed E-state index contributed by atoms with van der Waals surface area (Å²) in [7, 11) is 11.3. The van der Waals surface area contributed by atoms with Crippen LogP contribution in [0.15, 0.2) is 0 Å². The van der Waals surface area contributed by atoms with E-state index < -0.39 is 259 Å². The van der Waals surface area contributed by atoms with Gasteiger partial charge in [-0.1, -0.05) is 158 Å². The van der Waals surface area contributed by atoms with Gasteiger partial charge in [0.2, 0.25) is 82.7 Å². The van der Waals surface area contributed by atoms with E-state index >= 15 is 24.0 Å². The fraction of sp³-hybridized carbons (Fsp3) is 0.802. The van der Waals surface area contributed by atoms with Gasteiger partial charge in [0, 0.05) is 112 Å². The van der Waals surface area contributed by atoms with Crippen LogP contribution in [-0.2, 0) is 95.8 Å². The summed E-state index contributed by atoms with van der Waals surface area (Å²) >= 11 is 0. The van der Waals surface area contributed by atoms with E-state index in [9.17, 15) is 62.3 Å². The molecule has 0 aromatic carbocycles. The van der Waals surface area contributed by atoms with Gasteiger partial charge < -0.3 is 98.2 Å². The summed E-state index contributed by atoms with van der Waals surface area (Å²) < 4.78 is 11.3. The number of rotatable bonds is 34. The first-order valence-corrected chi connectivity index (χ1v) is 45.8. The molecule has 128 heavy (non-hydrogen) atoms. The summed E-state index contributed by atoms with van der Waals surface area (Å²) in [5, 5.41) is 30.5. The second kappa shape index (κ2) is 56.5. The summed E-state index contributed by atoms with van der Waals surface area (Å²) in [6.07, 6.45) is -2.52. The summed E-state index contributed by atoms with van der Waals surface area (Å²) in [4.78, 5) is 268. The van der Waals surface area contributed by atoms with Crippen LogP contribution in [0.3, 0.4) is 0 Å². The summed E-state index contributed by atoms with van der Waals surface area (Å²) in [6.45, 7) is 37.4. The predicted octanol–water partition coefficient (Wildman–Crippen LogP) is 2.16. The van der Waals surface area contributed by atoms with Crippen molar-refractivity contribution in [2.45, 2.75) is 308 Å². The number of nitrogens with one attached hydrogen (secondary N) is 11. The molecule has 0 bridgehead atoms. The van der Waals surface area contributed by atoms with Crippen LogP contribution >= 0.6 is 0 Å². The molecule has 0 radical (unpaired) electrons. The van der Waals surface area contributed by atoms with Crippen molar-refractivity contribution < 1.29 is 95.8 Å². The van der Waals surface area contributed by atoms with Gasteiger partial charge in [0.15, 0.2) is 11.6 Å². The number of nitrogens with two attached hydrogens (primary N) is 1. The van der Waals surface area contributed by atoms with Gasteiger partial charge in [-0.25, -0.2) is 4.79 Å². The topological polar surface area (TPSA) is 500 Å². The van der Waals surface area contributed by atoms with Crippen LogP contribution in [-0.4, -0.2) is 304 Å². The molecule has 0 saturated carbocycles. The molecule has 13 N–H and O–H groups in total. The van der Waals surface area contributed by atoms with E-state index in [1.54, 1.807) is 132 Å². The summed E-state index contributed by atoms with van der Waals surface area (Å²) in [6, 6.07) is -16.6. The van der Waals surface area contributed by atoms with Gasteiger partial charge in [0.25, 0.3) is 0 Å². The average molecular weight is 1820 g/mol. The number of Topliss-reactive ketones (excluding diaryl/α,β-unsaturated/α-hetero) is 3. The van der Waals surface area contributed by atoms with Gasteiger partial charge in [0.1, 0.15) is 78.9 Å². The first-order chi connectivity index (χ1) is 59.5. The molecule has 1 heterocycles. The molecule has 0 spiro atoms. The molecule has 21 atom stereocenters. The number of carbonyl (C=O) groups excluding carboxylic acids is 18. The van der Waals surface area contributed by atoms with Crippen LogP contribution in [0.25, 0.3) is 0 Å². The fourth-order valence-electron chi connectivity index (χ4n) is 15.9. The van der Waals surface area contributed by atoms with E-state index in [-0.39, 0.29) is 92.5 Å². The minimum Gasteiger partial charge on any atom is -0.458 e. The van der Waals surface area contributed by atoms with Crippen molar-refractivity contribution in [3.63, 3.8) is 0 Å². The predicted molar refractivity (Wildman–Crippen MR) is 487 cm³/mol. The number of ether oxygens (including phenoxy) is 2. The number of amides is 14. The van der Waals surface area contributed by atoms with Crippen molar-refractivity contribution >= 4 is 106 Å². The Kier molecular flexibility index (Phi) is 51.6. The smallest absolute Gasteiger partial charge is 0.329 e. The second-order valence-electron chi connectivity index (χ2n) is 37.6. The Balaban J connectivity index is 4.57. The van der Waals surface area contributed by atoms with E-state index in [0.29, 0.717) is 12.8 Å². The van der Waals surface area contributed by atoms with Crippen LogP contribution in [0.2, 0.25) is 0 Å². The van der Waals surface area contributed by atoms with Crippen molar-refractivity contribution in [2.24, 2.45) is 82.7 Å².